The Morgan fingerprint density at radius 3 is 2.33 bits per heavy atom. The molecule has 1 aromatic heterocycles. The first-order chi connectivity index (χ1) is 15.9. The molecule has 4 rings (SSSR count). The van der Waals surface area contributed by atoms with E-state index in [0.29, 0.717) is 39.1 Å². The third-order valence-electron chi connectivity index (χ3n) is 5.09. The first-order valence-electron chi connectivity index (χ1n) is 10.3. The number of hydrogen-bond acceptors (Lipinski definition) is 5. The van der Waals surface area contributed by atoms with Crippen molar-refractivity contribution in [3.05, 3.63) is 90.0 Å². The molecule has 0 aliphatic carbocycles. The number of aromatic nitrogens is 1. The van der Waals surface area contributed by atoms with Gasteiger partial charge in [-0.1, -0.05) is 42.5 Å². The van der Waals surface area contributed by atoms with Crippen LogP contribution < -0.4 is 10.7 Å². The number of rotatable bonds is 5. The van der Waals surface area contributed by atoms with Crippen LogP contribution >= 0.6 is 0 Å². The van der Waals surface area contributed by atoms with Gasteiger partial charge in [0.1, 0.15) is 5.75 Å². The number of benzene rings is 3. The van der Waals surface area contributed by atoms with Gasteiger partial charge in [0.15, 0.2) is 0 Å². The minimum atomic E-state index is -0.389. The summed E-state index contributed by atoms with van der Waals surface area (Å²) in [5, 5.41) is 17.9. The van der Waals surface area contributed by atoms with Crippen molar-refractivity contribution < 1.29 is 14.7 Å². The van der Waals surface area contributed by atoms with E-state index in [-0.39, 0.29) is 17.6 Å². The molecule has 164 valence electrons. The largest absolute Gasteiger partial charge is 0.507 e. The van der Waals surface area contributed by atoms with Crippen LogP contribution in [0.2, 0.25) is 0 Å². The molecule has 33 heavy (non-hydrogen) atoms. The third-order valence-corrected chi connectivity index (χ3v) is 5.09. The van der Waals surface area contributed by atoms with Crippen LogP contribution in [-0.2, 0) is 4.79 Å². The summed E-state index contributed by atoms with van der Waals surface area (Å²) in [4.78, 5) is 28.9. The fraction of sp³-hybridized carbons (Fsp3) is 0.0769. The van der Waals surface area contributed by atoms with Crippen LogP contribution in [0.15, 0.2) is 84.0 Å². The fourth-order valence-electron chi connectivity index (χ4n) is 3.45. The van der Waals surface area contributed by atoms with Gasteiger partial charge in [0, 0.05) is 23.6 Å². The molecule has 0 spiro atoms. The van der Waals surface area contributed by atoms with Crippen molar-refractivity contribution in [1.29, 1.82) is 0 Å². The summed E-state index contributed by atoms with van der Waals surface area (Å²) in [6.07, 6.45) is 0. The van der Waals surface area contributed by atoms with Crippen molar-refractivity contribution in [2.24, 2.45) is 5.10 Å². The Bertz CT molecular complexity index is 1380. The molecule has 0 saturated heterocycles. The SMILES string of the molecule is CC(=O)Nc1ccc(/C(C)=N\NC(=O)c2cc(-c3ccccc3O)nc3ccccc23)cc1. The molecular weight excluding hydrogens is 416 g/mol. The maximum Gasteiger partial charge on any atom is 0.272 e. The molecule has 0 unspecified atom stereocenters. The van der Waals surface area contributed by atoms with Gasteiger partial charge in [0.25, 0.3) is 5.91 Å². The van der Waals surface area contributed by atoms with E-state index in [9.17, 15) is 14.7 Å². The zero-order chi connectivity index (χ0) is 23.4. The smallest absolute Gasteiger partial charge is 0.272 e. The number of pyridine rings is 1. The van der Waals surface area contributed by atoms with Crippen LogP contribution in [0.1, 0.15) is 29.8 Å². The number of fused-ring (bicyclic) bond motifs is 1. The van der Waals surface area contributed by atoms with Gasteiger partial charge in [-0.15, -0.1) is 0 Å². The monoisotopic (exact) mass is 438 g/mol. The second-order valence-corrected chi connectivity index (χ2v) is 7.49. The van der Waals surface area contributed by atoms with Crippen LogP contribution in [0.5, 0.6) is 5.75 Å². The number of carbonyl (C=O) groups is 2. The lowest BCUT2D eigenvalue weighted by Gasteiger charge is -2.10. The van der Waals surface area contributed by atoms with Crippen LogP contribution in [0.3, 0.4) is 0 Å². The molecule has 0 atom stereocenters. The highest BCUT2D eigenvalue weighted by molar-refractivity contribution is 6.08. The predicted molar refractivity (Wildman–Crippen MR) is 129 cm³/mol. The lowest BCUT2D eigenvalue weighted by atomic mass is 10.0. The lowest BCUT2D eigenvalue weighted by molar-refractivity contribution is -0.114. The molecular formula is C26H22N4O3. The minimum Gasteiger partial charge on any atom is -0.507 e. The maximum atomic E-state index is 13.1. The zero-order valence-corrected chi connectivity index (χ0v) is 18.2. The van der Waals surface area contributed by atoms with Gasteiger partial charge in [-0.2, -0.15) is 5.10 Å². The van der Waals surface area contributed by atoms with E-state index < -0.39 is 0 Å². The molecule has 0 radical (unpaired) electrons. The summed E-state index contributed by atoms with van der Waals surface area (Å²) in [6.45, 7) is 3.23. The average Bonchev–Trinajstić information content (AvgIpc) is 2.82. The Labute approximate surface area is 190 Å². The molecule has 7 nitrogen and oxygen atoms in total. The lowest BCUT2D eigenvalue weighted by Crippen LogP contribution is -2.20. The number of carbonyl (C=O) groups excluding carboxylic acids is 2. The number of aromatic hydroxyl groups is 1. The summed E-state index contributed by atoms with van der Waals surface area (Å²) in [5.74, 6) is -0.448. The first-order valence-corrected chi connectivity index (χ1v) is 10.3. The number of anilines is 1. The number of hydrogen-bond donors (Lipinski definition) is 3. The van der Waals surface area contributed by atoms with Crippen LogP contribution in [0, 0.1) is 0 Å². The molecule has 2 amide bonds. The highest BCUT2D eigenvalue weighted by Gasteiger charge is 2.15. The van der Waals surface area contributed by atoms with Gasteiger partial charge in [-0.25, -0.2) is 10.4 Å². The number of nitrogens with zero attached hydrogens (tertiary/aromatic N) is 2. The molecule has 0 saturated carbocycles. The second-order valence-electron chi connectivity index (χ2n) is 7.49. The average molecular weight is 438 g/mol. The predicted octanol–water partition coefficient (Wildman–Crippen LogP) is 4.72. The fourth-order valence-corrected chi connectivity index (χ4v) is 3.45. The number of phenols is 1. The van der Waals surface area contributed by atoms with E-state index in [4.69, 9.17) is 0 Å². The van der Waals surface area contributed by atoms with Crippen molar-refractivity contribution in [1.82, 2.24) is 10.4 Å². The third kappa shape index (κ3) is 4.88. The summed E-state index contributed by atoms with van der Waals surface area (Å²) in [6, 6.07) is 23.0. The van der Waals surface area contributed by atoms with Gasteiger partial charge >= 0.3 is 0 Å². The van der Waals surface area contributed by atoms with Gasteiger partial charge in [-0.3, -0.25) is 9.59 Å². The van der Waals surface area contributed by atoms with Crippen molar-refractivity contribution >= 4 is 34.1 Å². The maximum absolute atomic E-state index is 13.1. The van der Waals surface area contributed by atoms with Gasteiger partial charge < -0.3 is 10.4 Å². The van der Waals surface area contributed by atoms with Crippen molar-refractivity contribution in [2.45, 2.75) is 13.8 Å². The second kappa shape index (κ2) is 9.32. The van der Waals surface area contributed by atoms with E-state index in [1.54, 1.807) is 49.4 Å². The summed E-state index contributed by atoms with van der Waals surface area (Å²) < 4.78 is 0. The number of hydrazone groups is 1. The first kappa shape index (κ1) is 21.7. The van der Waals surface area contributed by atoms with E-state index in [0.717, 1.165) is 5.56 Å². The van der Waals surface area contributed by atoms with Gasteiger partial charge in [0.2, 0.25) is 5.91 Å². The summed E-state index contributed by atoms with van der Waals surface area (Å²) >= 11 is 0. The van der Waals surface area contributed by atoms with E-state index >= 15 is 0 Å². The molecule has 0 aliphatic rings. The minimum absolute atomic E-state index is 0.0863. The Morgan fingerprint density at radius 1 is 0.909 bits per heavy atom. The summed E-state index contributed by atoms with van der Waals surface area (Å²) in [7, 11) is 0. The zero-order valence-electron chi connectivity index (χ0n) is 18.2. The number of nitrogens with one attached hydrogen (secondary N) is 2. The topological polar surface area (TPSA) is 104 Å². The normalized spacial score (nSPS) is 11.3. The van der Waals surface area contributed by atoms with E-state index in [1.807, 2.05) is 36.4 Å². The molecule has 3 N–H and O–H groups in total. The van der Waals surface area contributed by atoms with Gasteiger partial charge in [-0.05, 0) is 48.9 Å². The molecule has 0 bridgehead atoms. The van der Waals surface area contributed by atoms with E-state index in [2.05, 4.69) is 20.8 Å². The highest BCUT2D eigenvalue weighted by atomic mass is 16.3. The number of amides is 2. The molecule has 4 aromatic rings. The van der Waals surface area contributed by atoms with Crippen molar-refractivity contribution in [3.63, 3.8) is 0 Å². The molecule has 7 heteroatoms. The number of para-hydroxylation sites is 2. The molecule has 1 heterocycles. The van der Waals surface area contributed by atoms with Crippen LogP contribution in [-0.4, -0.2) is 27.6 Å². The molecule has 0 aliphatic heterocycles. The molecule has 3 aromatic carbocycles. The number of phenolic OH excluding ortho intramolecular Hbond substituents is 1. The summed E-state index contributed by atoms with van der Waals surface area (Å²) in [5.41, 5.74) is 6.78. The van der Waals surface area contributed by atoms with Crippen molar-refractivity contribution in [2.75, 3.05) is 5.32 Å². The molecule has 0 fully saturated rings. The van der Waals surface area contributed by atoms with Crippen LogP contribution in [0.25, 0.3) is 22.2 Å². The van der Waals surface area contributed by atoms with Crippen LogP contribution in [0.4, 0.5) is 5.69 Å². The Kier molecular flexibility index (Phi) is 6.13. The standard InChI is InChI=1S/C26H22N4O3/c1-16(18-11-13-19(14-12-18)27-17(2)31)29-30-26(33)22-15-24(21-8-4-6-10-25(21)32)28-23-9-5-3-7-20(22)23/h3-15,32H,1-2H3,(H,27,31)(H,30,33)/b29-16-. The van der Waals surface area contributed by atoms with Crippen molar-refractivity contribution in [3.8, 4) is 17.0 Å². The van der Waals surface area contributed by atoms with Gasteiger partial charge in [0.05, 0.1) is 22.5 Å². The van der Waals surface area contributed by atoms with E-state index in [1.165, 1.54) is 6.92 Å². The quantitative estimate of drug-likeness (QED) is 0.310. The highest BCUT2D eigenvalue weighted by Crippen LogP contribution is 2.30. The Morgan fingerprint density at radius 2 is 1.61 bits per heavy atom. The Balaban J connectivity index is 1.64. The Hall–Kier alpha value is -4.52.